The Morgan fingerprint density at radius 1 is 1.21 bits per heavy atom. The number of hydrogen-bond acceptors (Lipinski definition) is 3. The highest BCUT2D eigenvalue weighted by molar-refractivity contribution is 5.76. The number of aliphatic carboxylic acids is 1. The van der Waals surface area contributed by atoms with Crippen LogP contribution >= 0.6 is 0 Å². The van der Waals surface area contributed by atoms with E-state index in [1.165, 1.54) is 12.5 Å². The van der Waals surface area contributed by atoms with E-state index in [1.807, 2.05) is 12.1 Å². The van der Waals surface area contributed by atoms with Crippen LogP contribution in [-0.4, -0.2) is 28.4 Å². The smallest absolute Gasteiger partial charge is 0.339 e. The molecule has 1 aromatic rings. The summed E-state index contributed by atoms with van der Waals surface area (Å²) in [6.07, 6.45) is 1.03. The van der Waals surface area contributed by atoms with Crippen LogP contribution in [0.25, 0.3) is 0 Å². The first-order chi connectivity index (χ1) is 8.69. The molecular formula is C15H22O4. The van der Waals surface area contributed by atoms with Crippen LogP contribution in [0.4, 0.5) is 0 Å². The molecule has 0 amide bonds. The Hall–Kier alpha value is -1.55. The van der Waals surface area contributed by atoms with Crippen molar-refractivity contribution in [2.75, 3.05) is 6.61 Å². The fourth-order valence-corrected chi connectivity index (χ4v) is 1.49. The van der Waals surface area contributed by atoms with E-state index in [0.29, 0.717) is 5.75 Å². The average molecular weight is 266 g/mol. The summed E-state index contributed by atoms with van der Waals surface area (Å²) < 4.78 is 5.30. The van der Waals surface area contributed by atoms with Gasteiger partial charge in [-0.1, -0.05) is 32.9 Å². The predicted molar refractivity (Wildman–Crippen MR) is 73.5 cm³/mol. The first-order valence-corrected chi connectivity index (χ1v) is 6.38. The van der Waals surface area contributed by atoms with Crippen LogP contribution in [0.3, 0.4) is 0 Å². The molecule has 0 radical (unpaired) electrons. The number of ether oxygens (including phenoxy) is 1. The van der Waals surface area contributed by atoms with Crippen molar-refractivity contribution in [3.8, 4) is 5.75 Å². The zero-order valence-corrected chi connectivity index (χ0v) is 11.9. The van der Waals surface area contributed by atoms with Gasteiger partial charge in [0, 0.05) is 0 Å². The SMILES string of the molecule is CCC(C)(C)c1ccc(OCC(C)(O)C(=O)O)cc1. The molecule has 0 aromatic heterocycles. The Balaban J connectivity index is 2.71. The summed E-state index contributed by atoms with van der Waals surface area (Å²) in [6.45, 7) is 7.40. The van der Waals surface area contributed by atoms with E-state index in [-0.39, 0.29) is 12.0 Å². The van der Waals surface area contributed by atoms with Crippen molar-refractivity contribution < 1.29 is 19.7 Å². The van der Waals surface area contributed by atoms with Gasteiger partial charge in [-0.3, -0.25) is 0 Å². The van der Waals surface area contributed by atoms with E-state index in [1.54, 1.807) is 12.1 Å². The van der Waals surface area contributed by atoms with Crippen LogP contribution < -0.4 is 4.74 Å². The minimum atomic E-state index is -1.87. The summed E-state index contributed by atoms with van der Waals surface area (Å²) in [6, 6.07) is 7.53. The Morgan fingerprint density at radius 2 is 1.74 bits per heavy atom. The molecule has 0 aliphatic heterocycles. The summed E-state index contributed by atoms with van der Waals surface area (Å²) in [7, 11) is 0. The molecular weight excluding hydrogens is 244 g/mol. The Bertz CT molecular complexity index is 432. The molecule has 0 spiro atoms. The molecule has 2 N–H and O–H groups in total. The lowest BCUT2D eigenvalue weighted by atomic mass is 9.82. The standard InChI is InChI=1S/C15H22O4/c1-5-14(2,3)11-6-8-12(9-7-11)19-10-15(4,18)13(16)17/h6-9,18H,5,10H2,1-4H3,(H,16,17). The molecule has 1 aromatic carbocycles. The molecule has 0 saturated carbocycles. The van der Waals surface area contributed by atoms with Gasteiger partial charge in [0.05, 0.1) is 0 Å². The van der Waals surface area contributed by atoms with Crippen LogP contribution in [0.2, 0.25) is 0 Å². The first-order valence-electron chi connectivity index (χ1n) is 6.38. The van der Waals surface area contributed by atoms with Crippen molar-refractivity contribution >= 4 is 5.97 Å². The van der Waals surface area contributed by atoms with Crippen LogP contribution in [0.15, 0.2) is 24.3 Å². The van der Waals surface area contributed by atoms with E-state index >= 15 is 0 Å². The summed E-state index contributed by atoms with van der Waals surface area (Å²) in [5, 5.41) is 18.3. The van der Waals surface area contributed by atoms with Gasteiger partial charge in [-0.25, -0.2) is 4.79 Å². The molecule has 19 heavy (non-hydrogen) atoms. The zero-order valence-electron chi connectivity index (χ0n) is 11.9. The molecule has 0 saturated heterocycles. The number of carboxylic acids is 1. The van der Waals surface area contributed by atoms with Gasteiger partial charge in [-0.2, -0.15) is 0 Å². The lowest BCUT2D eigenvalue weighted by Gasteiger charge is -2.24. The van der Waals surface area contributed by atoms with Gasteiger partial charge in [0.2, 0.25) is 0 Å². The monoisotopic (exact) mass is 266 g/mol. The van der Waals surface area contributed by atoms with Gasteiger partial charge in [-0.15, -0.1) is 0 Å². The van der Waals surface area contributed by atoms with Crippen molar-refractivity contribution in [1.29, 1.82) is 0 Å². The second-order valence-electron chi connectivity index (χ2n) is 5.63. The normalized spacial score (nSPS) is 14.8. The number of rotatable bonds is 6. The maximum Gasteiger partial charge on any atom is 0.339 e. The fraction of sp³-hybridized carbons (Fsp3) is 0.533. The average Bonchev–Trinajstić information content (AvgIpc) is 2.37. The highest BCUT2D eigenvalue weighted by Crippen LogP contribution is 2.28. The molecule has 0 fully saturated rings. The summed E-state index contributed by atoms with van der Waals surface area (Å²) in [5.74, 6) is -0.742. The third-order valence-corrected chi connectivity index (χ3v) is 3.50. The van der Waals surface area contributed by atoms with Gasteiger partial charge in [0.15, 0.2) is 5.60 Å². The molecule has 4 nitrogen and oxygen atoms in total. The summed E-state index contributed by atoms with van der Waals surface area (Å²) in [5.41, 5.74) is -0.570. The van der Waals surface area contributed by atoms with Crippen molar-refractivity contribution in [2.45, 2.75) is 45.1 Å². The number of aliphatic hydroxyl groups is 1. The van der Waals surface area contributed by atoms with Gasteiger partial charge in [-0.05, 0) is 36.5 Å². The van der Waals surface area contributed by atoms with Crippen molar-refractivity contribution in [1.82, 2.24) is 0 Å². The van der Waals surface area contributed by atoms with E-state index in [0.717, 1.165) is 6.42 Å². The minimum Gasteiger partial charge on any atom is -0.490 e. The molecule has 0 aliphatic rings. The number of carbonyl (C=O) groups is 1. The molecule has 106 valence electrons. The highest BCUT2D eigenvalue weighted by Gasteiger charge is 2.31. The molecule has 0 heterocycles. The summed E-state index contributed by atoms with van der Waals surface area (Å²) in [4.78, 5) is 10.7. The van der Waals surface area contributed by atoms with E-state index < -0.39 is 11.6 Å². The van der Waals surface area contributed by atoms with E-state index in [4.69, 9.17) is 9.84 Å². The Morgan fingerprint density at radius 3 is 2.16 bits per heavy atom. The number of benzene rings is 1. The predicted octanol–water partition coefficient (Wildman–Crippen LogP) is 2.59. The highest BCUT2D eigenvalue weighted by atomic mass is 16.5. The molecule has 1 unspecified atom stereocenters. The minimum absolute atomic E-state index is 0.102. The molecule has 4 heteroatoms. The second-order valence-corrected chi connectivity index (χ2v) is 5.63. The fourth-order valence-electron chi connectivity index (χ4n) is 1.49. The van der Waals surface area contributed by atoms with E-state index in [2.05, 4.69) is 20.8 Å². The summed E-state index contributed by atoms with van der Waals surface area (Å²) >= 11 is 0. The largest absolute Gasteiger partial charge is 0.490 e. The first kappa shape index (κ1) is 15.5. The Labute approximate surface area is 114 Å². The van der Waals surface area contributed by atoms with Crippen molar-refractivity contribution in [3.63, 3.8) is 0 Å². The van der Waals surface area contributed by atoms with Crippen LogP contribution in [0.5, 0.6) is 5.75 Å². The lowest BCUT2D eigenvalue weighted by Crippen LogP contribution is -2.41. The maximum absolute atomic E-state index is 10.7. The zero-order chi connectivity index (χ0) is 14.7. The third-order valence-electron chi connectivity index (χ3n) is 3.50. The third kappa shape index (κ3) is 3.96. The molecule has 1 rings (SSSR count). The van der Waals surface area contributed by atoms with Gasteiger partial charge < -0.3 is 14.9 Å². The van der Waals surface area contributed by atoms with Crippen LogP contribution in [0, 0.1) is 0 Å². The molecule has 0 bridgehead atoms. The molecule has 1 atom stereocenters. The second kappa shape index (κ2) is 5.61. The van der Waals surface area contributed by atoms with Crippen molar-refractivity contribution in [3.05, 3.63) is 29.8 Å². The topological polar surface area (TPSA) is 66.8 Å². The van der Waals surface area contributed by atoms with Crippen molar-refractivity contribution in [2.24, 2.45) is 0 Å². The number of carboxylic acid groups (broad SMARTS) is 1. The quantitative estimate of drug-likeness (QED) is 0.830. The van der Waals surface area contributed by atoms with Gasteiger partial charge >= 0.3 is 5.97 Å². The lowest BCUT2D eigenvalue weighted by molar-refractivity contribution is -0.159. The Kier molecular flexibility index (Phi) is 4.58. The maximum atomic E-state index is 10.7. The molecule has 0 aliphatic carbocycles. The van der Waals surface area contributed by atoms with Gasteiger partial charge in [0.25, 0.3) is 0 Å². The van der Waals surface area contributed by atoms with Crippen LogP contribution in [-0.2, 0) is 10.2 Å². The van der Waals surface area contributed by atoms with Gasteiger partial charge in [0.1, 0.15) is 12.4 Å². The van der Waals surface area contributed by atoms with E-state index in [9.17, 15) is 9.90 Å². The van der Waals surface area contributed by atoms with Crippen LogP contribution in [0.1, 0.15) is 39.7 Å². The number of hydrogen-bond donors (Lipinski definition) is 2.